The van der Waals surface area contributed by atoms with Crippen molar-refractivity contribution >= 4 is 11.8 Å². The lowest BCUT2D eigenvalue weighted by molar-refractivity contribution is -0.148. The maximum atomic E-state index is 13.2. The highest BCUT2D eigenvalue weighted by Gasteiger charge is 2.54. The standard InChI is InChI=1S/C21H28N2O3/c1-26-17-4-2-3-13(8-17)9-18(19(22)24)23-20(25)21-10-14-5-15(11-21)7-16(6-14)12-21/h2-4,8,14-16,18H,5-7,9-12H2,1H3,(H2,22,24)(H,23,25)/t14?,15?,16?,18-,21?/m0/s1. The van der Waals surface area contributed by atoms with Crippen molar-refractivity contribution in [2.45, 2.75) is 51.0 Å². The lowest BCUT2D eigenvalue weighted by atomic mass is 9.49. The first-order valence-electron chi connectivity index (χ1n) is 9.70. The van der Waals surface area contributed by atoms with Gasteiger partial charge in [-0.15, -0.1) is 0 Å². The van der Waals surface area contributed by atoms with Crippen LogP contribution in [0, 0.1) is 23.2 Å². The van der Waals surface area contributed by atoms with E-state index in [9.17, 15) is 9.59 Å². The molecule has 4 fully saturated rings. The number of hydrogen-bond donors (Lipinski definition) is 2. The number of carbonyl (C=O) groups excluding carboxylic acids is 2. The first-order chi connectivity index (χ1) is 12.5. The quantitative estimate of drug-likeness (QED) is 0.821. The third-order valence-electron chi connectivity index (χ3n) is 6.74. The summed E-state index contributed by atoms with van der Waals surface area (Å²) in [5.41, 5.74) is 6.27. The van der Waals surface area contributed by atoms with Crippen LogP contribution in [0.25, 0.3) is 0 Å². The minimum atomic E-state index is -0.678. The fourth-order valence-corrected chi connectivity index (χ4v) is 5.96. The van der Waals surface area contributed by atoms with Crippen LogP contribution in [0.5, 0.6) is 5.75 Å². The molecule has 2 amide bonds. The average molecular weight is 356 g/mol. The molecule has 0 radical (unpaired) electrons. The molecule has 4 saturated carbocycles. The Morgan fingerprint density at radius 3 is 2.35 bits per heavy atom. The molecule has 5 nitrogen and oxygen atoms in total. The van der Waals surface area contributed by atoms with Crippen LogP contribution in [0.2, 0.25) is 0 Å². The summed E-state index contributed by atoms with van der Waals surface area (Å²) in [4.78, 5) is 25.2. The van der Waals surface area contributed by atoms with Gasteiger partial charge in [0, 0.05) is 11.8 Å². The molecule has 26 heavy (non-hydrogen) atoms. The normalized spacial score (nSPS) is 32.9. The summed E-state index contributed by atoms with van der Waals surface area (Å²) < 4.78 is 5.24. The van der Waals surface area contributed by atoms with E-state index in [4.69, 9.17) is 10.5 Å². The maximum Gasteiger partial charge on any atom is 0.240 e. The van der Waals surface area contributed by atoms with Crippen LogP contribution in [0.15, 0.2) is 24.3 Å². The number of nitrogens with one attached hydrogen (secondary N) is 1. The molecule has 0 spiro atoms. The number of hydrogen-bond acceptors (Lipinski definition) is 3. The Kier molecular flexibility index (Phi) is 4.41. The number of primary amides is 1. The number of benzene rings is 1. The molecular weight excluding hydrogens is 328 g/mol. The minimum absolute atomic E-state index is 0.0447. The van der Waals surface area contributed by atoms with Crippen molar-refractivity contribution in [2.75, 3.05) is 7.11 Å². The van der Waals surface area contributed by atoms with Gasteiger partial charge in [0.1, 0.15) is 11.8 Å². The Hall–Kier alpha value is -2.04. The number of rotatable bonds is 6. The molecule has 1 aromatic rings. The highest BCUT2D eigenvalue weighted by molar-refractivity contribution is 5.90. The molecule has 5 rings (SSSR count). The Balaban J connectivity index is 1.48. The van der Waals surface area contributed by atoms with E-state index in [1.165, 1.54) is 19.3 Å². The second-order valence-corrected chi connectivity index (χ2v) is 8.68. The molecule has 4 aliphatic rings. The van der Waals surface area contributed by atoms with Crippen LogP contribution in [0.3, 0.4) is 0 Å². The smallest absolute Gasteiger partial charge is 0.240 e. The third-order valence-corrected chi connectivity index (χ3v) is 6.74. The highest BCUT2D eigenvalue weighted by atomic mass is 16.5. The van der Waals surface area contributed by atoms with E-state index in [2.05, 4.69) is 5.32 Å². The molecule has 4 bridgehead atoms. The predicted octanol–water partition coefficient (Wildman–Crippen LogP) is 2.42. The molecule has 1 atom stereocenters. The van der Waals surface area contributed by atoms with Gasteiger partial charge in [0.25, 0.3) is 0 Å². The Morgan fingerprint density at radius 1 is 1.19 bits per heavy atom. The Morgan fingerprint density at radius 2 is 1.81 bits per heavy atom. The van der Waals surface area contributed by atoms with Crippen LogP contribution in [0.1, 0.15) is 44.1 Å². The topological polar surface area (TPSA) is 81.4 Å². The fourth-order valence-electron chi connectivity index (χ4n) is 5.96. The van der Waals surface area contributed by atoms with E-state index in [-0.39, 0.29) is 11.3 Å². The van der Waals surface area contributed by atoms with Crippen molar-refractivity contribution in [3.05, 3.63) is 29.8 Å². The van der Waals surface area contributed by atoms with E-state index in [0.29, 0.717) is 24.2 Å². The number of nitrogens with two attached hydrogens (primary N) is 1. The van der Waals surface area contributed by atoms with Gasteiger partial charge in [-0.25, -0.2) is 0 Å². The summed E-state index contributed by atoms with van der Waals surface area (Å²) in [7, 11) is 1.61. The number of carbonyl (C=O) groups is 2. The molecule has 5 heteroatoms. The molecule has 1 aromatic carbocycles. The molecule has 0 unspecified atom stereocenters. The zero-order chi connectivity index (χ0) is 18.3. The first-order valence-corrected chi connectivity index (χ1v) is 9.70. The summed E-state index contributed by atoms with van der Waals surface area (Å²) in [5.74, 6) is 2.37. The number of methoxy groups -OCH3 is 1. The van der Waals surface area contributed by atoms with Gasteiger partial charge >= 0.3 is 0 Å². The van der Waals surface area contributed by atoms with E-state index in [1.54, 1.807) is 7.11 Å². The molecule has 0 heterocycles. The van der Waals surface area contributed by atoms with Crippen molar-refractivity contribution in [3.8, 4) is 5.75 Å². The summed E-state index contributed by atoms with van der Waals surface area (Å²) in [6, 6.07) is 6.87. The second-order valence-electron chi connectivity index (χ2n) is 8.68. The summed E-state index contributed by atoms with van der Waals surface area (Å²) in [5, 5.41) is 3.01. The molecule has 0 saturated heterocycles. The van der Waals surface area contributed by atoms with Crippen molar-refractivity contribution in [3.63, 3.8) is 0 Å². The van der Waals surface area contributed by atoms with Gasteiger partial charge < -0.3 is 15.8 Å². The molecule has 0 aliphatic heterocycles. The monoisotopic (exact) mass is 356 g/mol. The number of amides is 2. The SMILES string of the molecule is COc1cccc(C[C@H](NC(=O)C23CC4CC(CC(C4)C2)C3)C(N)=O)c1. The van der Waals surface area contributed by atoms with Gasteiger partial charge in [-0.2, -0.15) is 0 Å². The number of ether oxygens (including phenoxy) is 1. The van der Waals surface area contributed by atoms with Gasteiger partial charge in [0.15, 0.2) is 0 Å². The van der Waals surface area contributed by atoms with Crippen LogP contribution < -0.4 is 15.8 Å². The van der Waals surface area contributed by atoms with Gasteiger partial charge in [-0.05, 0) is 74.0 Å². The molecule has 3 N–H and O–H groups in total. The predicted molar refractivity (Wildman–Crippen MR) is 98.4 cm³/mol. The van der Waals surface area contributed by atoms with E-state index >= 15 is 0 Å². The zero-order valence-corrected chi connectivity index (χ0v) is 15.4. The van der Waals surface area contributed by atoms with Crippen LogP contribution >= 0.6 is 0 Å². The third kappa shape index (κ3) is 3.19. The van der Waals surface area contributed by atoms with Crippen LogP contribution in [0.4, 0.5) is 0 Å². The fraction of sp³-hybridized carbons (Fsp3) is 0.619. The van der Waals surface area contributed by atoms with Gasteiger partial charge in [-0.1, -0.05) is 12.1 Å². The highest BCUT2D eigenvalue weighted by Crippen LogP contribution is 2.60. The second kappa shape index (κ2) is 6.60. The lowest BCUT2D eigenvalue weighted by Gasteiger charge is -2.55. The van der Waals surface area contributed by atoms with Crippen molar-refractivity contribution in [1.82, 2.24) is 5.32 Å². The largest absolute Gasteiger partial charge is 0.497 e. The summed E-state index contributed by atoms with van der Waals surface area (Å²) >= 11 is 0. The average Bonchev–Trinajstić information content (AvgIpc) is 2.60. The zero-order valence-electron chi connectivity index (χ0n) is 15.4. The van der Waals surface area contributed by atoms with Gasteiger partial charge in [0.2, 0.25) is 11.8 Å². The van der Waals surface area contributed by atoms with E-state index < -0.39 is 11.9 Å². The van der Waals surface area contributed by atoms with Crippen molar-refractivity contribution in [1.29, 1.82) is 0 Å². The molecular formula is C21H28N2O3. The molecule has 140 valence electrons. The molecule has 0 aromatic heterocycles. The van der Waals surface area contributed by atoms with Gasteiger partial charge in [0.05, 0.1) is 7.11 Å². The lowest BCUT2D eigenvalue weighted by Crippen LogP contribution is -2.57. The maximum absolute atomic E-state index is 13.2. The minimum Gasteiger partial charge on any atom is -0.497 e. The van der Waals surface area contributed by atoms with Gasteiger partial charge in [-0.3, -0.25) is 9.59 Å². The van der Waals surface area contributed by atoms with Crippen LogP contribution in [-0.2, 0) is 16.0 Å². The molecule has 4 aliphatic carbocycles. The summed E-state index contributed by atoms with van der Waals surface area (Å²) in [6.45, 7) is 0. The Labute approximate surface area is 154 Å². The van der Waals surface area contributed by atoms with E-state index in [0.717, 1.165) is 30.6 Å². The van der Waals surface area contributed by atoms with Crippen molar-refractivity contribution < 1.29 is 14.3 Å². The Bertz CT molecular complexity index is 680. The van der Waals surface area contributed by atoms with E-state index in [1.807, 2.05) is 24.3 Å². The van der Waals surface area contributed by atoms with Crippen LogP contribution in [-0.4, -0.2) is 25.0 Å². The first kappa shape index (κ1) is 17.4. The van der Waals surface area contributed by atoms with Crippen molar-refractivity contribution in [2.24, 2.45) is 28.9 Å². The summed E-state index contributed by atoms with van der Waals surface area (Å²) in [6.07, 6.45) is 7.20.